The number of rotatable bonds is 5. The van der Waals surface area contributed by atoms with E-state index < -0.39 is 18.2 Å². The van der Waals surface area contributed by atoms with Crippen molar-refractivity contribution in [3.05, 3.63) is 65.7 Å². The number of benzene rings is 2. The molecular formula is C17H19NO4. The third kappa shape index (κ3) is 4.49. The van der Waals surface area contributed by atoms with E-state index in [1.165, 1.54) is 12.1 Å². The van der Waals surface area contributed by atoms with E-state index >= 15 is 0 Å². The zero-order valence-electron chi connectivity index (χ0n) is 12.3. The van der Waals surface area contributed by atoms with Crippen molar-refractivity contribution in [2.75, 3.05) is 0 Å². The van der Waals surface area contributed by atoms with E-state index in [0.29, 0.717) is 5.56 Å². The van der Waals surface area contributed by atoms with Gasteiger partial charge in [-0.1, -0.05) is 42.5 Å². The predicted octanol–water partition coefficient (Wildman–Crippen LogP) is 2.74. The number of aromatic hydroxyl groups is 1. The predicted molar refractivity (Wildman–Crippen MR) is 82.3 cm³/mol. The maximum Gasteiger partial charge on any atom is 0.407 e. The summed E-state index contributed by atoms with van der Waals surface area (Å²) < 4.78 is 5.10. The van der Waals surface area contributed by atoms with Crippen molar-refractivity contribution >= 4 is 6.09 Å². The Kier molecular flexibility index (Phi) is 5.38. The molecule has 2 aromatic carbocycles. The quantitative estimate of drug-likeness (QED) is 0.793. The molecule has 0 saturated heterocycles. The summed E-state index contributed by atoms with van der Waals surface area (Å²) in [5.41, 5.74) is 1.41. The molecule has 0 aliphatic rings. The molecule has 3 N–H and O–H groups in total. The number of alkyl carbamates (subject to hydrolysis) is 1. The zero-order chi connectivity index (χ0) is 15.9. The highest BCUT2D eigenvalue weighted by Crippen LogP contribution is 2.20. The fraction of sp³-hybridized carbons (Fsp3) is 0.235. The molecule has 0 aromatic heterocycles. The SMILES string of the molecule is CC(NC(=O)OCc1ccccc1)[C@H](O)c1cccc(O)c1. The monoisotopic (exact) mass is 301 g/mol. The number of aliphatic hydroxyl groups excluding tert-OH is 1. The molecule has 0 aliphatic heterocycles. The van der Waals surface area contributed by atoms with Crippen LogP contribution >= 0.6 is 0 Å². The van der Waals surface area contributed by atoms with E-state index in [0.717, 1.165) is 5.56 Å². The third-order valence-corrected chi connectivity index (χ3v) is 3.24. The summed E-state index contributed by atoms with van der Waals surface area (Å²) >= 11 is 0. The Labute approximate surface area is 129 Å². The Bertz CT molecular complexity index is 615. The smallest absolute Gasteiger partial charge is 0.407 e. The van der Waals surface area contributed by atoms with E-state index in [4.69, 9.17) is 4.74 Å². The molecule has 0 radical (unpaired) electrons. The normalized spacial score (nSPS) is 13.2. The second-order valence-corrected chi connectivity index (χ2v) is 5.03. The highest BCUT2D eigenvalue weighted by molar-refractivity contribution is 5.67. The first-order chi connectivity index (χ1) is 10.6. The highest BCUT2D eigenvalue weighted by atomic mass is 16.5. The second-order valence-electron chi connectivity index (χ2n) is 5.03. The van der Waals surface area contributed by atoms with Gasteiger partial charge in [0.15, 0.2) is 0 Å². The molecule has 1 unspecified atom stereocenters. The van der Waals surface area contributed by atoms with Crippen LogP contribution in [0.5, 0.6) is 5.75 Å². The van der Waals surface area contributed by atoms with Crippen molar-refractivity contribution in [1.82, 2.24) is 5.32 Å². The van der Waals surface area contributed by atoms with Crippen LogP contribution in [0.1, 0.15) is 24.2 Å². The minimum atomic E-state index is -0.934. The number of nitrogens with one attached hydrogen (secondary N) is 1. The van der Waals surface area contributed by atoms with Crippen LogP contribution in [-0.2, 0) is 11.3 Å². The van der Waals surface area contributed by atoms with Crippen molar-refractivity contribution in [3.8, 4) is 5.75 Å². The van der Waals surface area contributed by atoms with Gasteiger partial charge in [0.05, 0.1) is 12.1 Å². The van der Waals surface area contributed by atoms with Gasteiger partial charge >= 0.3 is 6.09 Å². The van der Waals surface area contributed by atoms with Gasteiger partial charge in [-0.15, -0.1) is 0 Å². The van der Waals surface area contributed by atoms with Gasteiger partial charge in [0.25, 0.3) is 0 Å². The van der Waals surface area contributed by atoms with E-state index in [1.807, 2.05) is 30.3 Å². The molecule has 116 valence electrons. The average molecular weight is 301 g/mol. The van der Waals surface area contributed by atoms with Gasteiger partial charge in [0.2, 0.25) is 0 Å². The second kappa shape index (κ2) is 7.47. The summed E-state index contributed by atoms with van der Waals surface area (Å²) in [6.45, 7) is 1.83. The lowest BCUT2D eigenvalue weighted by molar-refractivity contribution is 0.106. The molecule has 2 aromatic rings. The fourth-order valence-electron chi connectivity index (χ4n) is 2.03. The molecule has 2 rings (SSSR count). The minimum Gasteiger partial charge on any atom is -0.508 e. The standard InChI is InChI=1S/C17H19NO4/c1-12(16(20)14-8-5-9-15(19)10-14)18-17(21)22-11-13-6-3-2-4-7-13/h2-10,12,16,19-20H,11H2,1H3,(H,18,21)/t12?,16-/m0/s1. The van der Waals surface area contributed by atoms with Crippen LogP contribution < -0.4 is 5.32 Å². The van der Waals surface area contributed by atoms with Gasteiger partial charge in [-0.05, 0) is 30.2 Å². The van der Waals surface area contributed by atoms with Crippen molar-refractivity contribution in [2.45, 2.75) is 25.7 Å². The molecule has 5 nitrogen and oxygen atoms in total. The summed E-state index contributed by atoms with van der Waals surface area (Å²) in [7, 11) is 0. The van der Waals surface area contributed by atoms with Gasteiger partial charge in [0.1, 0.15) is 12.4 Å². The van der Waals surface area contributed by atoms with Crippen molar-refractivity contribution in [2.24, 2.45) is 0 Å². The fourth-order valence-corrected chi connectivity index (χ4v) is 2.03. The number of ether oxygens (including phenoxy) is 1. The molecule has 1 amide bonds. The number of hydrogen-bond acceptors (Lipinski definition) is 4. The first-order valence-corrected chi connectivity index (χ1v) is 7.00. The van der Waals surface area contributed by atoms with E-state index in [-0.39, 0.29) is 12.4 Å². The Balaban J connectivity index is 1.85. The molecule has 0 fully saturated rings. The molecular weight excluding hydrogens is 282 g/mol. The summed E-state index contributed by atoms with van der Waals surface area (Å²) in [4.78, 5) is 11.7. The maximum absolute atomic E-state index is 11.7. The van der Waals surface area contributed by atoms with Crippen molar-refractivity contribution in [3.63, 3.8) is 0 Å². The molecule has 0 bridgehead atoms. The molecule has 0 saturated carbocycles. The summed E-state index contributed by atoms with van der Waals surface area (Å²) in [5, 5.41) is 22.2. The Morgan fingerprint density at radius 3 is 2.59 bits per heavy atom. The van der Waals surface area contributed by atoms with Gasteiger partial charge < -0.3 is 20.3 Å². The van der Waals surface area contributed by atoms with Crippen LogP contribution in [0.25, 0.3) is 0 Å². The molecule has 0 aliphatic carbocycles. The van der Waals surface area contributed by atoms with Crippen molar-refractivity contribution in [1.29, 1.82) is 0 Å². The first-order valence-electron chi connectivity index (χ1n) is 7.00. The lowest BCUT2D eigenvalue weighted by Crippen LogP contribution is -2.37. The van der Waals surface area contributed by atoms with Crippen LogP contribution in [0, 0.1) is 0 Å². The first kappa shape index (κ1) is 15.9. The molecule has 22 heavy (non-hydrogen) atoms. The number of aliphatic hydroxyl groups is 1. The average Bonchev–Trinajstić information content (AvgIpc) is 2.53. The molecule has 0 spiro atoms. The van der Waals surface area contributed by atoms with E-state index in [2.05, 4.69) is 5.32 Å². The van der Waals surface area contributed by atoms with Gasteiger partial charge in [-0.25, -0.2) is 4.79 Å². The number of hydrogen-bond donors (Lipinski definition) is 3. The molecule has 2 atom stereocenters. The summed E-state index contributed by atoms with van der Waals surface area (Å²) in [6, 6.07) is 15.1. The number of phenols is 1. The van der Waals surface area contributed by atoms with Crippen LogP contribution in [0.3, 0.4) is 0 Å². The Hall–Kier alpha value is -2.53. The number of carbonyl (C=O) groups excluding carboxylic acids is 1. The molecule has 5 heteroatoms. The number of carbonyl (C=O) groups is 1. The topological polar surface area (TPSA) is 78.8 Å². The lowest BCUT2D eigenvalue weighted by atomic mass is 10.0. The van der Waals surface area contributed by atoms with E-state index in [9.17, 15) is 15.0 Å². The van der Waals surface area contributed by atoms with Gasteiger partial charge in [0, 0.05) is 0 Å². The van der Waals surface area contributed by atoms with Gasteiger partial charge in [-0.3, -0.25) is 0 Å². The lowest BCUT2D eigenvalue weighted by Gasteiger charge is -2.20. The zero-order valence-corrected chi connectivity index (χ0v) is 12.3. The minimum absolute atomic E-state index is 0.0652. The summed E-state index contributed by atoms with van der Waals surface area (Å²) in [5.74, 6) is 0.0652. The largest absolute Gasteiger partial charge is 0.508 e. The van der Waals surface area contributed by atoms with E-state index in [1.54, 1.807) is 19.1 Å². The Morgan fingerprint density at radius 1 is 1.18 bits per heavy atom. The van der Waals surface area contributed by atoms with Crippen LogP contribution in [0.15, 0.2) is 54.6 Å². The maximum atomic E-state index is 11.7. The third-order valence-electron chi connectivity index (χ3n) is 3.24. The van der Waals surface area contributed by atoms with Crippen LogP contribution in [-0.4, -0.2) is 22.3 Å². The Morgan fingerprint density at radius 2 is 1.91 bits per heavy atom. The van der Waals surface area contributed by atoms with Crippen molar-refractivity contribution < 1.29 is 19.7 Å². The summed E-state index contributed by atoms with van der Waals surface area (Å²) in [6.07, 6.45) is -1.54. The molecule has 0 heterocycles. The highest BCUT2D eigenvalue weighted by Gasteiger charge is 2.19. The van der Waals surface area contributed by atoms with Gasteiger partial charge in [-0.2, -0.15) is 0 Å². The van der Waals surface area contributed by atoms with Crippen LogP contribution in [0.2, 0.25) is 0 Å². The number of phenolic OH excluding ortho intramolecular Hbond substituents is 1. The number of amides is 1. The van der Waals surface area contributed by atoms with Crippen LogP contribution in [0.4, 0.5) is 4.79 Å².